The molecule has 0 aliphatic rings. The van der Waals surface area contributed by atoms with E-state index in [1.165, 1.54) is 0 Å². The van der Waals surface area contributed by atoms with E-state index in [2.05, 4.69) is 24.5 Å². The van der Waals surface area contributed by atoms with Crippen molar-refractivity contribution in [1.29, 1.82) is 0 Å². The molecule has 2 aromatic rings. The number of anilines is 1. The molecule has 0 spiro atoms. The zero-order valence-electron chi connectivity index (χ0n) is 16.6. The summed E-state index contributed by atoms with van der Waals surface area (Å²) < 4.78 is 5.60. The van der Waals surface area contributed by atoms with Crippen molar-refractivity contribution in [3.8, 4) is 0 Å². The van der Waals surface area contributed by atoms with Crippen molar-refractivity contribution in [3.05, 3.63) is 65.2 Å². The molecule has 0 saturated carbocycles. The number of hydrogen-bond acceptors (Lipinski definition) is 4. The van der Waals surface area contributed by atoms with Gasteiger partial charge >= 0.3 is 11.8 Å². The number of aliphatic hydroxyl groups is 1. The molecule has 1 unspecified atom stereocenters. The number of amides is 2. The van der Waals surface area contributed by atoms with Crippen LogP contribution in [-0.4, -0.2) is 36.7 Å². The quantitative estimate of drug-likeness (QED) is 0.611. The summed E-state index contributed by atoms with van der Waals surface area (Å²) in [7, 11) is 0. The molecular weight excluding hydrogens is 356 g/mol. The second-order valence-corrected chi connectivity index (χ2v) is 6.93. The highest BCUT2D eigenvalue weighted by Crippen LogP contribution is 2.18. The van der Waals surface area contributed by atoms with E-state index in [1.807, 2.05) is 43.3 Å². The molecule has 150 valence electrons. The summed E-state index contributed by atoms with van der Waals surface area (Å²) in [5.41, 5.74) is 3.70. The number of nitrogens with one attached hydrogen (secondary N) is 2. The van der Waals surface area contributed by atoms with Crippen LogP contribution in [0, 0.1) is 6.92 Å². The average Bonchev–Trinajstić information content (AvgIpc) is 2.69. The fourth-order valence-electron chi connectivity index (χ4n) is 2.65. The molecule has 0 aromatic heterocycles. The fraction of sp³-hybridized carbons (Fsp3) is 0.364. The number of aryl methyl sites for hydroxylation is 1. The Bertz CT molecular complexity index is 770. The molecule has 3 N–H and O–H groups in total. The average molecular weight is 384 g/mol. The molecule has 6 nitrogen and oxygen atoms in total. The number of carbonyl (C=O) groups is 2. The molecule has 0 fully saturated rings. The van der Waals surface area contributed by atoms with Gasteiger partial charge in [0.15, 0.2) is 0 Å². The van der Waals surface area contributed by atoms with Crippen LogP contribution in [0.3, 0.4) is 0 Å². The zero-order chi connectivity index (χ0) is 20.5. The first-order valence-electron chi connectivity index (χ1n) is 9.39. The monoisotopic (exact) mass is 384 g/mol. The van der Waals surface area contributed by atoms with Crippen LogP contribution in [0.2, 0.25) is 0 Å². The van der Waals surface area contributed by atoms with Crippen LogP contribution in [-0.2, 0) is 14.3 Å². The van der Waals surface area contributed by atoms with Crippen LogP contribution >= 0.6 is 0 Å². The third-order valence-corrected chi connectivity index (χ3v) is 4.35. The highest BCUT2D eigenvalue weighted by Gasteiger charge is 2.18. The minimum atomic E-state index is -0.738. The first-order chi connectivity index (χ1) is 13.4. The van der Waals surface area contributed by atoms with E-state index in [4.69, 9.17) is 9.84 Å². The van der Waals surface area contributed by atoms with Crippen LogP contribution in [0.4, 0.5) is 5.69 Å². The third kappa shape index (κ3) is 6.48. The highest BCUT2D eigenvalue weighted by atomic mass is 16.5. The van der Waals surface area contributed by atoms with Gasteiger partial charge in [-0.05, 0) is 36.1 Å². The topological polar surface area (TPSA) is 87.7 Å². The van der Waals surface area contributed by atoms with Crippen LogP contribution < -0.4 is 10.6 Å². The maximum atomic E-state index is 12.2. The first kappa shape index (κ1) is 21.6. The van der Waals surface area contributed by atoms with E-state index in [0.717, 1.165) is 16.7 Å². The van der Waals surface area contributed by atoms with Gasteiger partial charge in [0, 0.05) is 12.2 Å². The first-order valence-corrected chi connectivity index (χ1v) is 9.39. The lowest BCUT2D eigenvalue weighted by Gasteiger charge is -2.18. The summed E-state index contributed by atoms with van der Waals surface area (Å²) in [4.78, 5) is 24.3. The van der Waals surface area contributed by atoms with Gasteiger partial charge in [0.25, 0.3) is 0 Å². The zero-order valence-corrected chi connectivity index (χ0v) is 16.6. The van der Waals surface area contributed by atoms with E-state index in [-0.39, 0.29) is 19.8 Å². The molecule has 2 amide bonds. The SMILES string of the molecule is Cc1ccc(C(CNC(=O)C(=O)Nc2ccc(C(C)C)cc2)OCCO)cc1. The number of benzene rings is 2. The highest BCUT2D eigenvalue weighted by molar-refractivity contribution is 6.39. The van der Waals surface area contributed by atoms with Gasteiger partial charge in [0.2, 0.25) is 0 Å². The third-order valence-electron chi connectivity index (χ3n) is 4.35. The van der Waals surface area contributed by atoms with Crippen molar-refractivity contribution in [2.45, 2.75) is 32.8 Å². The lowest BCUT2D eigenvalue weighted by atomic mass is 10.0. The molecule has 0 saturated heterocycles. The van der Waals surface area contributed by atoms with Crippen molar-refractivity contribution in [2.24, 2.45) is 0 Å². The van der Waals surface area contributed by atoms with Crippen LogP contribution in [0.15, 0.2) is 48.5 Å². The van der Waals surface area contributed by atoms with E-state index in [9.17, 15) is 9.59 Å². The normalized spacial score (nSPS) is 11.9. The summed E-state index contributed by atoms with van der Waals surface area (Å²) in [5.74, 6) is -1.08. The summed E-state index contributed by atoms with van der Waals surface area (Å²) in [6, 6.07) is 15.1. The van der Waals surface area contributed by atoms with E-state index in [0.29, 0.717) is 11.6 Å². The molecule has 6 heteroatoms. The Balaban J connectivity index is 1.93. The molecule has 0 aliphatic carbocycles. The Morgan fingerprint density at radius 2 is 1.57 bits per heavy atom. The van der Waals surface area contributed by atoms with Gasteiger partial charge in [-0.25, -0.2) is 0 Å². The maximum Gasteiger partial charge on any atom is 0.313 e. The molecule has 1 atom stereocenters. The van der Waals surface area contributed by atoms with Gasteiger partial charge in [-0.15, -0.1) is 0 Å². The summed E-state index contributed by atoms with van der Waals surface area (Å²) in [5, 5.41) is 14.2. The Kier molecular flexibility index (Phi) is 8.17. The number of ether oxygens (including phenoxy) is 1. The molecule has 2 aromatic carbocycles. The predicted octanol–water partition coefficient (Wildman–Crippen LogP) is 2.92. The molecule has 0 radical (unpaired) electrons. The number of rotatable bonds is 8. The van der Waals surface area contributed by atoms with Crippen molar-refractivity contribution < 1.29 is 19.4 Å². The van der Waals surface area contributed by atoms with Crippen molar-refractivity contribution in [3.63, 3.8) is 0 Å². The number of aliphatic hydroxyl groups excluding tert-OH is 1. The van der Waals surface area contributed by atoms with Gasteiger partial charge in [-0.1, -0.05) is 55.8 Å². The van der Waals surface area contributed by atoms with Crippen molar-refractivity contribution in [1.82, 2.24) is 5.32 Å². The molecule has 0 aliphatic heterocycles. The molecular formula is C22H28N2O4. The minimum Gasteiger partial charge on any atom is -0.394 e. The van der Waals surface area contributed by atoms with Gasteiger partial charge in [-0.2, -0.15) is 0 Å². The van der Waals surface area contributed by atoms with Crippen molar-refractivity contribution in [2.75, 3.05) is 25.1 Å². The van der Waals surface area contributed by atoms with Gasteiger partial charge < -0.3 is 20.5 Å². The summed E-state index contributed by atoms with van der Waals surface area (Å²) in [6.07, 6.45) is -0.449. The van der Waals surface area contributed by atoms with Crippen LogP contribution in [0.1, 0.15) is 42.6 Å². The van der Waals surface area contributed by atoms with E-state index in [1.54, 1.807) is 12.1 Å². The summed E-state index contributed by atoms with van der Waals surface area (Å²) >= 11 is 0. The largest absolute Gasteiger partial charge is 0.394 e. The standard InChI is InChI=1S/C22H28N2O4/c1-15(2)17-8-10-19(11-9-17)24-22(27)21(26)23-14-20(28-13-12-25)18-6-4-16(3)5-7-18/h4-11,15,20,25H,12-14H2,1-3H3,(H,23,26)(H,24,27). The lowest BCUT2D eigenvalue weighted by molar-refractivity contribution is -0.136. The maximum absolute atomic E-state index is 12.2. The Morgan fingerprint density at radius 1 is 0.964 bits per heavy atom. The number of carbonyl (C=O) groups excluding carboxylic acids is 2. The van der Waals surface area contributed by atoms with Gasteiger partial charge in [-0.3, -0.25) is 9.59 Å². The van der Waals surface area contributed by atoms with Crippen LogP contribution in [0.25, 0.3) is 0 Å². The smallest absolute Gasteiger partial charge is 0.313 e. The van der Waals surface area contributed by atoms with Crippen molar-refractivity contribution >= 4 is 17.5 Å². The Labute approximate surface area is 165 Å². The Morgan fingerprint density at radius 3 is 2.14 bits per heavy atom. The van der Waals surface area contributed by atoms with E-state index >= 15 is 0 Å². The fourth-order valence-corrected chi connectivity index (χ4v) is 2.65. The Hall–Kier alpha value is -2.70. The lowest BCUT2D eigenvalue weighted by Crippen LogP contribution is -2.38. The predicted molar refractivity (Wildman–Crippen MR) is 109 cm³/mol. The molecule has 0 bridgehead atoms. The second kappa shape index (κ2) is 10.6. The molecule has 2 rings (SSSR count). The molecule has 28 heavy (non-hydrogen) atoms. The summed E-state index contributed by atoms with van der Waals surface area (Å²) in [6.45, 7) is 6.30. The minimum absolute atomic E-state index is 0.122. The molecule has 0 heterocycles. The van der Waals surface area contributed by atoms with E-state index < -0.39 is 17.9 Å². The number of hydrogen-bond donors (Lipinski definition) is 3. The van der Waals surface area contributed by atoms with Gasteiger partial charge in [0.1, 0.15) is 0 Å². The van der Waals surface area contributed by atoms with Gasteiger partial charge in [0.05, 0.1) is 19.3 Å². The second-order valence-electron chi connectivity index (χ2n) is 6.93. The van der Waals surface area contributed by atoms with Crippen LogP contribution in [0.5, 0.6) is 0 Å².